The van der Waals surface area contributed by atoms with E-state index >= 15 is 0 Å². The zero-order chi connectivity index (χ0) is 15.2. The van der Waals surface area contributed by atoms with Crippen LogP contribution in [0.4, 0.5) is 11.4 Å². The van der Waals surface area contributed by atoms with Crippen LogP contribution in [0, 0.1) is 6.92 Å². The molecule has 0 aliphatic rings. The van der Waals surface area contributed by atoms with E-state index in [2.05, 4.69) is 18.3 Å². The molecule has 2 rings (SSSR count). The lowest BCUT2D eigenvalue weighted by molar-refractivity contribution is -0.116. The van der Waals surface area contributed by atoms with Crippen molar-refractivity contribution in [2.45, 2.75) is 19.8 Å². The highest BCUT2D eigenvalue weighted by molar-refractivity contribution is 5.91. The predicted molar refractivity (Wildman–Crippen MR) is 85.5 cm³/mol. The Morgan fingerprint density at radius 2 is 2.00 bits per heavy atom. The summed E-state index contributed by atoms with van der Waals surface area (Å²) in [5.41, 5.74) is 9.41. The number of nitrogens with two attached hydrogens (primary N) is 1. The summed E-state index contributed by atoms with van der Waals surface area (Å²) in [4.78, 5) is 12.0. The average molecular weight is 284 g/mol. The molecule has 0 aromatic heterocycles. The van der Waals surface area contributed by atoms with Gasteiger partial charge in [-0.3, -0.25) is 4.79 Å². The summed E-state index contributed by atoms with van der Waals surface area (Å²) in [6.45, 7) is 2.05. The van der Waals surface area contributed by atoms with Gasteiger partial charge in [0.1, 0.15) is 5.75 Å². The van der Waals surface area contributed by atoms with E-state index in [4.69, 9.17) is 10.5 Å². The van der Waals surface area contributed by atoms with Gasteiger partial charge in [0.05, 0.1) is 12.8 Å². The maximum atomic E-state index is 12.0. The quantitative estimate of drug-likeness (QED) is 0.829. The number of nitrogens with one attached hydrogen (secondary N) is 1. The minimum Gasteiger partial charge on any atom is -0.495 e. The number of aryl methyl sites for hydroxylation is 2. The monoisotopic (exact) mass is 284 g/mol. The number of hydrogen-bond acceptors (Lipinski definition) is 3. The van der Waals surface area contributed by atoms with Gasteiger partial charge in [-0.15, -0.1) is 0 Å². The van der Waals surface area contributed by atoms with Gasteiger partial charge < -0.3 is 15.8 Å². The van der Waals surface area contributed by atoms with E-state index < -0.39 is 0 Å². The molecule has 0 bridgehead atoms. The van der Waals surface area contributed by atoms with Gasteiger partial charge in [-0.2, -0.15) is 0 Å². The molecule has 0 aliphatic heterocycles. The van der Waals surface area contributed by atoms with Crippen LogP contribution in [0.25, 0.3) is 0 Å². The normalized spacial score (nSPS) is 10.2. The van der Waals surface area contributed by atoms with E-state index in [0.29, 0.717) is 23.5 Å². The molecule has 0 fully saturated rings. The summed E-state index contributed by atoms with van der Waals surface area (Å²) >= 11 is 0. The fourth-order valence-electron chi connectivity index (χ4n) is 2.17. The van der Waals surface area contributed by atoms with Crippen molar-refractivity contribution in [2.24, 2.45) is 0 Å². The second-order valence-corrected chi connectivity index (χ2v) is 4.93. The maximum Gasteiger partial charge on any atom is 0.224 e. The van der Waals surface area contributed by atoms with Gasteiger partial charge in [-0.25, -0.2) is 0 Å². The number of methoxy groups -OCH3 is 1. The van der Waals surface area contributed by atoms with Crippen LogP contribution in [-0.2, 0) is 11.2 Å². The van der Waals surface area contributed by atoms with Gasteiger partial charge in [0.25, 0.3) is 0 Å². The molecule has 0 atom stereocenters. The highest BCUT2D eigenvalue weighted by Crippen LogP contribution is 2.24. The molecule has 4 nitrogen and oxygen atoms in total. The number of hydrogen-bond donors (Lipinski definition) is 2. The van der Waals surface area contributed by atoms with Crippen LogP contribution in [0.2, 0.25) is 0 Å². The molecule has 0 saturated carbocycles. The van der Waals surface area contributed by atoms with E-state index in [9.17, 15) is 4.79 Å². The lowest BCUT2D eigenvalue weighted by Crippen LogP contribution is -2.12. The van der Waals surface area contributed by atoms with E-state index in [0.717, 1.165) is 6.42 Å². The SMILES string of the molecule is COc1ccc(NC(=O)CCc2ccccc2C)cc1N. The molecule has 0 heterocycles. The largest absolute Gasteiger partial charge is 0.495 e. The van der Waals surface area contributed by atoms with Crippen LogP contribution in [0.3, 0.4) is 0 Å². The number of nitrogen functional groups attached to an aromatic ring is 1. The second-order valence-electron chi connectivity index (χ2n) is 4.93. The van der Waals surface area contributed by atoms with Crippen LogP contribution in [0.1, 0.15) is 17.5 Å². The van der Waals surface area contributed by atoms with Crippen molar-refractivity contribution in [3.05, 3.63) is 53.6 Å². The standard InChI is InChI=1S/C17H20N2O2/c1-12-5-3-4-6-13(12)7-10-17(20)19-14-8-9-16(21-2)15(18)11-14/h3-6,8-9,11H,7,10,18H2,1-2H3,(H,19,20). The molecule has 4 heteroatoms. The van der Waals surface area contributed by atoms with Crippen LogP contribution in [0.5, 0.6) is 5.75 Å². The van der Waals surface area contributed by atoms with Crippen molar-refractivity contribution in [3.8, 4) is 5.75 Å². The van der Waals surface area contributed by atoms with Gasteiger partial charge in [0, 0.05) is 12.1 Å². The van der Waals surface area contributed by atoms with Gasteiger partial charge >= 0.3 is 0 Å². The van der Waals surface area contributed by atoms with Crippen molar-refractivity contribution in [1.29, 1.82) is 0 Å². The minimum atomic E-state index is -0.0252. The summed E-state index contributed by atoms with van der Waals surface area (Å²) in [6, 6.07) is 13.3. The Bertz CT molecular complexity index is 638. The molecular formula is C17H20N2O2. The number of amides is 1. The number of anilines is 2. The molecule has 0 radical (unpaired) electrons. The molecule has 2 aromatic rings. The minimum absolute atomic E-state index is 0.0252. The first kappa shape index (κ1) is 14.9. The Labute approximate surface area is 124 Å². The molecule has 3 N–H and O–H groups in total. The van der Waals surface area contributed by atoms with E-state index in [1.165, 1.54) is 11.1 Å². The van der Waals surface area contributed by atoms with Crippen LogP contribution >= 0.6 is 0 Å². The number of carbonyl (C=O) groups excluding carboxylic acids is 1. The van der Waals surface area contributed by atoms with Gasteiger partial charge in [0.2, 0.25) is 5.91 Å². The first-order valence-electron chi connectivity index (χ1n) is 6.88. The van der Waals surface area contributed by atoms with Gasteiger partial charge in [-0.05, 0) is 42.7 Å². The topological polar surface area (TPSA) is 64.3 Å². The molecule has 0 saturated heterocycles. The summed E-state index contributed by atoms with van der Waals surface area (Å²) in [5.74, 6) is 0.579. The van der Waals surface area contributed by atoms with Gasteiger partial charge in [0.15, 0.2) is 0 Å². The third kappa shape index (κ3) is 3.99. The zero-order valence-corrected chi connectivity index (χ0v) is 12.3. The fraction of sp³-hybridized carbons (Fsp3) is 0.235. The smallest absolute Gasteiger partial charge is 0.224 e. The molecule has 2 aromatic carbocycles. The maximum absolute atomic E-state index is 12.0. The van der Waals surface area contributed by atoms with Gasteiger partial charge in [-0.1, -0.05) is 24.3 Å². The third-order valence-electron chi connectivity index (χ3n) is 3.40. The van der Waals surface area contributed by atoms with E-state index in [-0.39, 0.29) is 5.91 Å². The molecule has 1 amide bonds. The Hall–Kier alpha value is -2.49. The summed E-state index contributed by atoms with van der Waals surface area (Å²) < 4.78 is 5.09. The predicted octanol–water partition coefficient (Wildman–Crippen LogP) is 3.16. The summed E-state index contributed by atoms with van der Waals surface area (Å²) in [6.07, 6.45) is 1.17. The molecule has 0 aliphatic carbocycles. The lowest BCUT2D eigenvalue weighted by Gasteiger charge is -2.09. The van der Waals surface area contributed by atoms with Crippen molar-refractivity contribution >= 4 is 17.3 Å². The molecular weight excluding hydrogens is 264 g/mol. The van der Waals surface area contributed by atoms with Crippen molar-refractivity contribution in [2.75, 3.05) is 18.2 Å². The number of benzene rings is 2. The lowest BCUT2D eigenvalue weighted by atomic mass is 10.0. The van der Waals surface area contributed by atoms with E-state index in [1.807, 2.05) is 18.2 Å². The first-order chi connectivity index (χ1) is 10.1. The molecule has 110 valence electrons. The van der Waals surface area contributed by atoms with Crippen LogP contribution in [0.15, 0.2) is 42.5 Å². The van der Waals surface area contributed by atoms with E-state index in [1.54, 1.807) is 25.3 Å². The van der Waals surface area contributed by atoms with Crippen molar-refractivity contribution in [3.63, 3.8) is 0 Å². The van der Waals surface area contributed by atoms with Crippen LogP contribution < -0.4 is 15.8 Å². The second kappa shape index (κ2) is 6.79. The van der Waals surface area contributed by atoms with Crippen LogP contribution in [-0.4, -0.2) is 13.0 Å². The number of rotatable bonds is 5. The third-order valence-corrected chi connectivity index (χ3v) is 3.40. The average Bonchev–Trinajstić information content (AvgIpc) is 2.46. The Kier molecular flexibility index (Phi) is 4.82. The summed E-state index contributed by atoms with van der Waals surface area (Å²) in [7, 11) is 1.56. The highest BCUT2D eigenvalue weighted by Gasteiger charge is 2.06. The molecule has 21 heavy (non-hydrogen) atoms. The Morgan fingerprint density at radius 3 is 2.67 bits per heavy atom. The highest BCUT2D eigenvalue weighted by atomic mass is 16.5. The van der Waals surface area contributed by atoms with Crippen molar-refractivity contribution < 1.29 is 9.53 Å². The zero-order valence-electron chi connectivity index (χ0n) is 12.3. The number of carbonyl (C=O) groups is 1. The number of ether oxygens (including phenoxy) is 1. The van der Waals surface area contributed by atoms with Crippen molar-refractivity contribution in [1.82, 2.24) is 0 Å². The summed E-state index contributed by atoms with van der Waals surface area (Å²) in [5, 5.41) is 2.85. The molecule has 0 unspecified atom stereocenters. The fourth-order valence-corrected chi connectivity index (χ4v) is 2.17. The Balaban J connectivity index is 1.93. The Morgan fingerprint density at radius 1 is 1.24 bits per heavy atom. The molecule has 0 spiro atoms. The first-order valence-corrected chi connectivity index (χ1v) is 6.88.